The zero-order valence-corrected chi connectivity index (χ0v) is 21.5. The first kappa shape index (κ1) is 26.0. The van der Waals surface area contributed by atoms with Crippen LogP contribution in [-0.4, -0.2) is 14.0 Å². The zero-order valence-electron chi connectivity index (χ0n) is 19.1. The number of hydrogen-bond acceptors (Lipinski definition) is 2. The summed E-state index contributed by atoms with van der Waals surface area (Å²) in [6.45, 7) is 5.75. The maximum atomic E-state index is 14.3. The molecule has 1 unspecified atom stereocenters. The molecule has 2 aromatic carbocycles. The van der Waals surface area contributed by atoms with Gasteiger partial charge in [-0.2, -0.15) is 18.3 Å². The minimum Gasteiger partial charge on any atom is -0.259 e. The van der Waals surface area contributed by atoms with E-state index in [4.69, 9.17) is 0 Å². The van der Waals surface area contributed by atoms with Crippen LogP contribution < -0.4 is 4.72 Å². The Hall–Kier alpha value is -2.11. The average Bonchev–Trinajstić information content (AvgIpc) is 3.51. The molecule has 11 heteroatoms. The van der Waals surface area contributed by atoms with Gasteiger partial charge in [-0.05, 0) is 91.9 Å². The summed E-state index contributed by atoms with van der Waals surface area (Å²) < 4.78 is 85.0. The average molecular weight is 576 g/mol. The molecular weight excluding hydrogens is 553 g/mol. The van der Waals surface area contributed by atoms with Crippen LogP contribution >= 0.6 is 15.9 Å². The van der Waals surface area contributed by atoms with Gasteiger partial charge in [0.25, 0.3) is 0 Å². The van der Waals surface area contributed by atoms with Gasteiger partial charge >= 0.3 is 6.18 Å². The van der Waals surface area contributed by atoms with Crippen LogP contribution in [0.2, 0.25) is 0 Å². The molecule has 1 N–H and O–H groups in total. The molecule has 3 aromatic rings. The quantitative estimate of drug-likeness (QED) is 0.251. The highest BCUT2D eigenvalue weighted by Crippen LogP contribution is 2.46. The molecule has 1 aromatic heterocycles. The number of halogens is 6. The van der Waals surface area contributed by atoms with E-state index in [9.17, 15) is 26.2 Å². The van der Waals surface area contributed by atoms with E-state index in [1.165, 1.54) is 12.1 Å². The van der Waals surface area contributed by atoms with Crippen molar-refractivity contribution in [1.82, 2.24) is 14.5 Å². The van der Waals surface area contributed by atoms with Crippen LogP contribution in [0.5, 0.6) is 0 Å². The van der Waals surface area contributed by atoms with Crippen molar-refractivity contribution in [3.05, 3.63) is 69.8 Å². The van der Waals surface area contributed by atoms with Crippen LogP contribution in [0.15, 0.2) is 52.0 Å². The molecule has 1 aliphatic carbocycles. The van der Waals surface area contributed by atoms with Gasteiger partial charge in [0.1, 0.15) is 11.0 Å². The first-order chi connectivity index (χ1) is 16.3. The highest BCUT2D eigenvalue weighted by Gasteiger charge is 2.38. The van der Waals surface area contributed by atoms with Crippen molar-refractivity contribution in [2.75, 3.05) is 0 Å². The van der Waals surface area contributed by atoms with E-state index in [1.54, 1.807) is 10.9 Å². The molecule has 1 heterocycles. The van der Waals surface area contributed by atoms with Gasteiger partial charge in [0.05, 0.1) is 33.9 Å². The van der Waals surface area contributed by atoms with Gasteiger partial charge < -0.3 is 0 Å². The summed E-state index contributed by atoms with van der Waals surface area (Å²) in [5, 5.41) is 4.52. The largest absolute Gasteiger partial charge is 0.416 e. The Bertz CT molecular complexity index is 1260. The van der Waals surface area contributed by atoms with Crippen LogP contribution in [-0.2, 0) is 22.7 Å². The molecule has 35 heavy (non-hydrogen) atoms. The number of aromatic nitrogens is 2. The van der Waals surface area contributed by atoms with Crippen LogP contribution in [0.4, 0.5) is 22.0 Å². The molecular formula is C24H23BrF5N3OS. The summed E-state index contributed by atoms with van der Waals surface area (Å²) in [6.07, 6.45) is -1.17. The minimum atomic E-state index is -4.49. The Morgan fingerprint density at radius 3 is 2.23 bits per heavy atom. The lowest BCUT2D eigenvalue weighted by Crippen LogP contribution is -2.27. The lowest BCUT2D eigenvalue weighted by atomic mass is 9.98. The van der Waals surface area contributed by atoms with Gasteiger partial charge in [0.2, 0.25) is 0 Å². The van der Waals surface area contributed by atoms with Gasteiger partial charge in [-0.1, -0.05) is 0 Å². The molecule has 0 aliphatic heterocycles. The third-order valence-electron chi connectivity index (χ3n) is 5.76. The van der Waals surface area contributed by atoms with Crippen molar-refractivity contribution in [3.8, 4) is 11.3 Å². The van der Waals surface area contributed by atoms with Gasteiger partial charge in [-0.25, -0.2) is 17.7 Å². The zero-order chi connectivity index (χ0) is 25.7. The lowest BCUT2D eigenvalue weighted by molar-refractivity contribution is -0.137. The smallest absolute Gasteiger partial charge is 0.259 e. The summed E-state index contributed by atoms with van der Waals surface area (Å²) in [5.41, 5.74) is 0.234. The standard InChI is InChI=1S/C24H23BrF5N3OS/c1-23(2,3)33-22(16-10-19(26)20(27)11-18(16)25)17(12-31-33)21(13-4-5-13)32-35(34)15-8-6-14(7-9-15)24(28,29)30/h6-13,21,32H,4-5H2,1-3H3/t21-,35?/m1/s1. The summed E-state index contributed by atoms with van der Waals surface area (Å²) >= 11 is 3.33. The van der Waals surface area contributed by atoms with Crippen molar-refractivity contribution in [3.63, 3.8) is 0 Å². The molecule has 188 valence electrons. The first-order valence-electron chi connectivity index (χ1n) is 10.9. The fourth-order valence-corrected chi connectivity index (χ4v) is 5.44. The Balaban J connectivity index is 1.75. The maximum absolute atomic E-state index is 14.3. The summed E-state index contributed by atoms with van der Waals surface area (Å²) in [6, 6.07) is 5.82. The number of hydrogen-bond donors (Lipinski definition) is 1. The number of rotatable bonds is 6. The maximum Gasteiger partial charge on any atom is 0.416 e. The molecule has 1 fully saturated rings. The normalized spacial score (nSPS) is 16.4. The fourth-order valence-electron chi connectivity index (χ4n) is 3.87. The van der Waals surface area contributed by atoms with Crippen LogP contribution in [0, 0.1) is 17.6 Å². The SMILES string of the molecule is CC(C)(C)n1ncc([C@H](NS(=O)c2ccc(C(F)(F)F)cc2)C2CC2)c1-c1cc(F)c(F)cc1Br. The van der Waals surface area contributed by atoms with Crippen LogP contribution in [0.25, 0.3) is 11.3 Å². The summed E-state index contributed by atoms with van der Waals surface area (Å²) in [4.78, 5) is 0.197. The molecule has 2 atom stereocenters. The number of benzene rings is 2. The summed E-state index contributed by atoms with van der Waals surface area (Å²) in [5.74, 6) is -1.90. The van der Waals surface area contributed by atoms with Crippen LogP contribution in [0.1, 0.15) is 50.8 Å². The third kappa shape index (κ3) is 5.51. The van der Waals surface area contributed by atoms with Gasteiger partial charge in [-0.3, -0.25) is 4.68 Å². The van der Waals surface area contributed by atoms with E-state index in [2.05, 4.69) is 25.8 Å². The second-order valence-electron chi connectivity index (χ2n) is 9.50. The lowest BCUT2D eigenvalue weighted by Gasteiger charge is -2.25. The Morgan fingerprint density at radius 1 is 1.09 bits per heavy atom. The molecule has 0 bridgehead atoms. The van der Waals surface area contributed by atoms with Gasteiger partial charge in [0.15, 0.2) is 11.6 Å². The van der Waals surface area contributed by atoms with Crippen molar-refractivity contribution in [2.45, 2.75) is 56.3 Å². The van der Waals surface area contributed by atoms with E-state index in [0.717, 1.165) is 37.1 Å². The molecule has 0 amide bonds. The highest BCUT2D eigenvalue weighted by molar-refractivity contribution is 9.10. The fraction of sp³-hybridized carbons (Fsp3) is 0.375. The summed E-state index contributed by atoms with van der Waals surface area (Å²) in [7, 11) is -1.82. The van der Waals surface area contributed by atoms with Crippen molar-refractivity contribution >= 4 is 26.9 Å². The minimum absolute atomic E-state index is 0.105. The molecule has 0 saturated heterocycles. The third-order valence-corrected chi connectivity index (χ3v) is 7.58. The number of alkyl halides is 3. The number of nitrogens with one attached hydrogen (secondary N) is 1. The molecule has 4 rings (SSSR count). The van der Waals surface area contributed by atoms with Crippen LogP contribution in [0.3, 0.4) is 0 Å². The molecule has 1 saturated carbocycles. The van der Waals surface area contributed by atoms with Gasteiger partial charge in [0, 0.05) is 15.6 Å². The molecule has 1 aliphatic rings. The Morgan fingerprint density at radius 2 is 1.69 bits per heavy atom. The van der Waals surface area contributed by atoms with Crippen molar-refractivity contribution in [2.24, 2.45) is 5.92 Å². The Labute approximate surface area is 210 Å². The molecule has 0 radical (unpaired) electrons. The predicted molar refractivity (Wildman–Crippen MR) is 127 cm³/mol. The van der Waals surface area contributed by atoms with Crippen molar-refractivity contribution in [1.29, 1.82) is 0 Å². The van der Waals surface area contributed by atoms with E-state index >= 15 is 0 Å². The second kappa shape index (κ2) is 9.40. The van der Waals surface area contributed by atoms with Gasteiger partial charge in [-0.15, -0.1) is 0 Å². The van der Waals surface area contributed by atoms with E-state index in [1.807, 2.05) is 20.8 Å². The van der Waals surface area contributed by atoms with Crippen molar-refractivity contribution < 1.29 is 26.2 Å². The molecule has 4 nitrogen and oxygen atoms in total. The highest BCUT2D eigenvalue weighted by atomic mass is 79.9. The van der Waals surface area contributed by atoms with E-state index in [-0.39, 0.29) is 10.8 Å². The van der Waals surface area contributed by atoms with E-state index < -0.39 is 45.9 Å². The monoisotopic (exact) mass is 575 g/mol. The number of nitrogens with zero attached hydrogens (tertiary/aromatic N) is 2. The second-order valence-corrected chi connectivity index (χ2v) is 11.6. The first-order valence-corrected chi connectivity index (χ1v) is 12.8. The Kier molecular flexibility index (Phi) is 6.98. The molecule has 0 spiro atoms. The topological polar surface area (TPSA) is 46.9 Å². The predicted octanol–water partition coefficient (Wildman–Crippen LogP) is 7.13. The van der Waals surface area contributed by atoms with E-state index in [0.29, 0.717) is 21.3 Å².